The number of pyridine rings is 1. The maximum absolute atomic E-state index is 9.72. The molecule has 0 amide bonds. The number of fused-ring (bicyclic) bond motifs is 2. The first-order valence-corrected chi connectivity index (χ1v) is 8.23. The van der Waals surface area contributed by atoms with Crippen LogP contribution >= 0.6 is 0 Å². The second-order valence-electron chi connectivity index (χ2n) is 6.11. The van der Waals surface area contributed by atoms with E-state index in [-0.39, 0.29) is 5.75 Å². The zero-order valence-electron chi connectivity index (χ0n) is 13.7. The number of hydrogen-bond donors (Lipinski definition) is 2. The maximum atomic E-state index is 9.72. The molecule has 0 unspecified atom stereocenters. The SMILES string of the molecule is Oc1ccc2[nH]cc(Cc3nc(-c4ccnc5ccccc45)no3)c2c1. The number of rotatable bonds is 3. The van der Waals surface area contributed by atoms with Gasteiger partial charge in [-0.25, -0.2) is 0 Å². The van der Waals surface area contributed by atoms with Crippen molar-refractivity contribution in [1.82, 2.24) is 20.1 Å². The fourth-order valence-electron chi connectivity index (χ4n) is 3.20. The highest BCUT2D eigenvalue weighted by Crippen LogP contribution is 2.27. The molecule has 0 aliphatic rings. The highest BCUT2D eigenvalue weighted by molar-refractivity contribution is 5.92. The summed E-state index contributed by atoms with van der Waals surface area (Å²) in [5.41, 5.74) is 3.73. The molecule has 5 rings (SSSR count). The molecule has 6 heteroatoms. The predicted octanol–water partition coefficient (Wildman–Crippen LogP) is 4.06. The normalized spacial score (nSPS) is 11.4. The van der Waals surface area contributed by atoms with Crippen molar-refractivity contribution in [3.8, 4) is 17.1 Å². The van der Waals surface area contributed by atoms with Gasteiger partial charge in [0.05, 0.1) is 11.9 Å². The number of phenols is 1. The smallest absolute Gasteiger partial charge is 0.231 e. The summed E-state index contributed by atoms with van der Waals surface area (Å²) in [6.45, 7) is 0. The van der Waals surface area contributed by atoms with E-state index in [0.717, 1.165) is 32.9 Å². The summed E-state index contributed by atoms with van der Waals surface area (Å²) in [6.07, 6.45) is 4.13. The zero-order chi connectivity index (χ0) is 17.5. The standard InChI is InChI=1S/C20H14N4O2/c25-13-5-6-18-16(10-13)12(11-22-18)9-19-23-20(24-26-19)15-7-8-21-17-4-2-1-3-14(15)17/h1-8,10-11,22,25H,9H2. The third kappa shape index (κ3) is 2.39. The average molecular weight is 342 g/mol. The average Bonchev–Trinajstić information content (AvgIpc) is 3.29. The van der Waals surface area contributed by atoms with E-state index >= 15 is 0 Å². The van der Waals surface area contributed by atoms with Crippen molar-refractivity contribution in [3.63, 3.8) is 0 Å². The second kappa shape index (κ2) is 5.70. The van der Waals surface area contributed by atoms with Crippen molar-refractivity contribution >= 4 is 21.8 Å². The van der Waals surface area contributed by atoms with Crippen molar-refractivity contribution < 1.29 is 9.63 Å². The molecular weight excluding hydrogens is 328 g/mol. The van der Waals surface area contributed by atoms with Gasteiger partial charge in [0.15, 0.2) is 0 Å². The van der Waals surface area contributed by atoms with E-state index in [0.29, 0.717) is 18.1 Å². The number of aromatic hydroxyl groups is 1. The van der Waals surface area contributed by atoms with Crippen LogP contribution in [0.25, 0.3) is 33.2 Å². The molecular formula is C20H14N4O2. The van der Waals surface area contributed by atoms with Crippen LogP contribution in [0.3, 0.4) is 0 Å². The van der Waals surface area contributed by atoms with Gasteiger partial charge in [-0.15, -0.1) is 0 Å². The molecule has 0 aliphatic heterocycles. The van der Waals surface area contributed by atoms with Gasteiger partial charge in [0.25, 0.3) is 0 Å². The lowest BCUT2D eigenvalue weighted by atomic mass is 10.1. The van der Waals surface area contributed by atoms with E-state index < -0.39 is 0 Å². The predicted molar refractivity (Wildman–Crippen MR) is 97.8 cm³/mol. The van der Waals surface area contributed by atoms with Gasteiger partial charge in [-0.2, -0.15) is 4.98 Å². The van der Waals surface area contributed by atoms with Crippen LogP contribution in [-0.4, -0.2) is 25.2 Å². The minimum Gasteiger partial charge on any atom is -0.508 e. The Morgan fingerprint density at radius 2 is 1.96 bits per heavy atom. The Balaban J connectivity index is 1.53. The van der Waals surface area contributed by atoms with Crippen molar-refractivity contribution in [1.29, 1.82) is 0 Å². The number of H-pyrrole nitrogens is 1. The Morgan fingerprint density at radius 1 is 1.04 bits per heavy atom. The lowest BCUT2D eigenvalue weighted by Crippen LogP contribution is -1.89. The number of phenolic OH excluding ortho intramolecular Hbond substituents is 1. The fourth-order valence-corrected chi connectivity index (χ4v) is 3.20. The molecule has 0 radical (unpaired) electrons. The highest BCUT2D eigenvalue weighted by Gasteiger charge is 2.14. The van der Waals surface area contributed by atoms with Gasteiger partial charge in [-0.3, -0.25) is 4.98 Å². The van der Waals surface area contributed by atoms with Gasteiger partial charge in [-0.1, -0.05) is 23.4 Å². The topological polar surface area (TPSA) is 87.8 Å². The lowest BCUT2D eigenvalue weighted by Gasteiger charge is -2.00. The van der Waals surface area contributed by atoms with Gasteiger partial charge >= 0.3 is 0 Å². The quantitative estimate of drug-likeness (QED) is 0.516. The molecule has 0 bridgehead atoms. The fraction of sp³-hybridized carbons (Fsp3) is 0.0500. The van der Waals surface area contributed by atoms with Gasteiger partial charge < -0.3 is 14.6 Å². The molecule has 2 N–H and O–H groups in total. The van der Waals surface area contributed by atoms with Crippen molar-refractivity contribution in [2.24, 2.45) is 0 Å². The summed E-state index contributed by atoms with van der Waals surface area (Å²) < 4.78 is 5.46. The van der Waals surface area contributed by atoms with Gasteiger partial charge in [0.2, 0.25) is 11.7 Å². The van der Waals surface area contributed by atoms with Crippen LogP contribution in [0.1, 0.15) is 11.5 Å². The molecule has 5 aromatic rings. The number of para-hydroxylation sites is 1. The molecule has 0 aliphatic carbocycles. The highest BCUT2D eigenvalue weighted by atomic mass is 16.5. The van der Waals surface area contributed by atoms with Crippen molar-refractivity contribution in [2.45, 2.75) is 6.42 Å². The van der Waals surface area contributed by atoms with Crippen LogP contribution in [0.2, 0.25) is 0 Å². The molecule has 2 aromatic carbocycles. The van der Waals surface area contributed by atoms with E-state index in [1.165, 1.54) is 0 Å². The van der Waals surface area contributed by atoms with Crippen LogP contribution < -0.4 is 0 Å². The summed E-state index contributed by atoms with van der Waals surface area (Å²) in [5.74, 6) is 1.29. The lowest BCUT2D eigenvalue weighted by molar-refractivity contribution is 0.386. The molecule has 6 nitrogen and oxygen atoms in total. The summed E-state index contributed by atoms with van der Waals surface area (Å²) in [5, 5.41) is 15.8. The molecule has 0 saturated carbocycles. The van der Waals surface area contributed by atoms with E-state index in [1.54, 1.807) is 18.3 Å². The molecule has 26 heavy (non-hydrogen) atoms. The monoisotopic (exact) mass is 342 g/mol. The molecule has 0 atom stereocenters. The Kier molecular flexibility index (Phi) is 3.21. The Bertz CT molecular complexity index is 1230. The first-order valence-electron chi connectivity index (χ1n) is 8.23. The first-order chi connectivity index (χ1) is 12.8. The molecule has 0 spiro atoms. The molecule has 0 saturated heterocycles. The molecule has 126 valence electrons. The van der Waals surface area contributed by atoms with Gasteiger partial charge in [0.1, 0.15) is 5.75 Å². The van der Waals surface area contributed by atoms with Gasteiger partial charge in [-0.05, 0) is 35.9 Å². The van der Waals surface area contributed by atoms with Crippen LogP contribution in [0, 0.1) is 0 Å². The number of aromatic amines is 1. The Labute approximate surface area is 148 Å². The molecule has 0 fully saturated rings. The third-order valence-electron chi connectivity index (χ3n) is 4.45. The minimum atomic E-state index is 0.229. The van der Waals surface area contributed by atoms with E-state index in [2.05, 4.69) is 20.1 Å². The molecule has 3 heterocycles. The number of hydrogen-bond acceptors (Lipinski definition) is 5. The first kappa shape index (κ1) is 14.7. The number of nitrogens with one attached hydrogen (secondary N) is 1. The summed E-state index contributed by atoms with van der Waals surface area (Å²) in [6, 6.07) is 15.0. The zero-order valence-corrected chi connectivity index (χ0v) is 13.7. The Hall–Kier alpha value is -3.67. The van der Waals surface area contributed by atoms with E-state index in [1.807, 2.05) is 42.6 Å². The number of nitrogens with zero attached hydrogens (tertiary/aromatic N) is 3. The number of aromatic nitrogens is 4. The van der Waals surface area contributed by atoms with Crippen molar-refractivity contribution in [3.05, 3.63) is 72.4 Å². The third-order valence-corrected chi connectivity index (χ3v) is 4.45. The van der Waals surface area contributed by atoms with Crippen LogP contribution in [0.5, 0.6) is 5.75 Å². The van der Waals surface area contributed by atoms with Gasteiger partial charge in [0, 0.05) is 34.2 Å². The van der Waals surface area contributed by atoms with Crippen molar-refractivity contribution in [2.75, 3.05) is 0 Å². The molecule has 3 aromatic heterocycles. The summed E-state index contributed by atoms with van der Waals surface area (Å²) in [7, 11) is 0. The second-order valence-corrected chi connectivity index (χ2v) is 6.11. The van der Waals surface area contributed by atoms with Crippen LogP contribution in [-0.2, 0) is 6.42 Å². The summed E-state index contributed by atoms with van der Waals surface area (Å²) in [4.78, 5) is 12.1. The number of benzene rings is 2. The minimum absolute atomic E-state index is 0.229. The largest absolute Gasteiger partial charge is 0.508 e. The maximum Gasteiger partial charge on any atom is 0.231 e. The van der Waals surface area contributed by atoms with E-state index in [4.69, 9.17) is 4.52 Å². The van der Waals surface area contributed by atoms with Crippen LogP contribution in [0.15, 0.2) is 65.4 Å². The Morgan fingerprint density at radius 3 is 2.92 bits per heavy atom. The summed E-state index contributed by atoms with van der Waals surface area (Å²) >= 11 is 0. The van der Waals surface area contributed by atoms with E-state index in [9.17, 15) is 5.11 Å². The van der Waals surface area contributed by atoms with Crippen LogP contribution in [0.4, 0.5) is 0 Å².